The minimum absolute atomic E-state index is 0.159. The Balaban J connectivity index is 0.000000821. The SMILES string of the molecule is C=C1OCCN([NH+](C)C)C1O/N=C(\C#N)C(=O)OCC.F[P-](F)(F)(F)(F)F. The van der Waals surface area contributed by atoms with Crippen molar-refractivity contribution in [3.05, 3.63) is 12.3 Å². The quantitative estimate of drug-likeness (QED) is 0.237. The van der Waals surface area contributed by atoms with Crippen LogP contribution in [-0.4, -0.2) is 56.8 Å². The molecule has 1 aliphatic rings. The van der Waals surface area contributed by atoms with Crippen LogP contribution in [0.3, 0.4) is 0 Å². The van der Waals surface area contributed by atoms with Gasteiger partial charge in [0.25, 0.3) is 11.9 Å². The maximum absolute atomic E-state index is 11.4. The van der Waals surface area contributed by atoms with E-state index in [0.717, 1.165) is 5.01 Å². The Morgan fingerprint density at radius 2 is 1.93 bits per heavy atom. The van der Waals surface area contributed by atoms with Crippen LogP contribution in [-0.2, 0) is 19.1 Å². The van der Waals surface area contributed by atoms with E-state index in [0.29, 0.717) is 18.9 Å². The van der Waals surface area contributed by atoms with E-state index in [1.807, 2.05) is 19.1 Å². The summed E-state index contributed by atoms with van der Waals surface area (Å²) in [5.41, 5.74) is -0.445. The number of ether oxygens (including phenoxy) is 2. The van der Waals surface area contributed by atoms with E-state index in [1.165, 1.54) is 0 Å². The standard InChI is InChI=1S/C12H18N4O4.F6P/c1-5-18-12(17)10(8-13)14-20-11-9(2)19-7-6-16(11)15(3)4;1-7(2,3,4,5)6/h11H,2,5-7H2,1,3-4H3;/q;-1/p+1/b14-10+;. The van der Waals surface area contributed by atoms with E-state index in [-0.39, 0.29) is 6.61 Å². The number of hydrogen-bond acceptors (Lipinski definition) is 7. The fourth-order valence-electron chi connectivity index (χ4n) is 1.62. The Labute approximate surface area is 150 Å². The van der Waals surface area contributed by atoms with Crippen LogP contribution in [0.5, 0.6) is 0 Å². The zero-order valence-electron chi connectivity index (χ0n) is 14.6. The van der Waals surface area contributed by atoms with Crippen molar-refractivity contribution in [2.24, 2.45) is 5.16 Å². The van der Waals surface area contributed by atoms with Gasteiger partial charge in [-0.2, -0.15) is 5.26 Å². The Kier molecular flexibility index (Phi) is 7.64. The van der Waals surface area contributed by atoms with Gasteiger partial charge in [0, 0.05) is 0 Å². The third-order valence-corrected chi connectivity index (χ3v) is 2.57. The van der Waals surface area contributed by atoms with Crippen molar-refractivity contribution in [2.75, 3.05) is 33.9 Å². The van der Waals surface area contributed by atoms with E-state index in [4.69, 9.17) is 19.6 Å². The van der Waals surface area contributed by atoms with Gasteiger partial charge in [-0.1, -0.05) is 11.7 Å². The topological polar surface area (TPSA) is 88.6 Å². The Morgan fingerprint density at radius 1 is 1.41 bits per heavy atom. The summed E-state index contributed by atoms with van der Waals surface area (Å²) in [5, 5.41) is 15.3. The zero-order chi connectivity index (χ0) is 21.5. The van der Waals surface area contributed by atoms with E-state index in [9.17, 15) is 30.0 Å². The molecule has 1 saturated heterocycles. The predicted octanol–water partition coefficient (Wildman–Crippen LogP) is 2.06. The fourth-order valence-corrected chi connectivity index (χ4v) is 1.62. The van der Waals surface area contributed by atoms with Crippen LogP contribution < -0.4 is 5.01 Å². The molecule has 0 amide bonds. The number of quaternary nitrogens is 1. The van der Waals surface area contributed by atoms with Crippen LogP contribution in [0.4, 0.5) is 25.2 Å². The van der Waals surface area contributed by atoms with Crippen LogP contribution in [0.2, 0.25) is 0 Å². The van der Waals surface area contributed by atoms with Gasteiger partial charge in [-0.05, 0) is 6.92 Å². The summed E-state index contributed by atoms with van der Waals surface area (Å²) in [5.74, 6) is -0.441. The molecule has 0 aliphatic carbocycles. The molecule has 1 atom stereocenters. The molecule has 1 rings (SSSR count). The number of hydrogen-bond donors (Lipinski definition) is 1. The first kappa shape index (κ1) is 24.9. The molecule has 158 valence electrons. The van der Waals surface area contributed by atoms with Gasteiger partial charge in [-0.3, -0.25) is 5.01 Å². The molecule has 1 heterocycles. The number of carbonyl (C=O) groups is 1. The minimum atomic E-state index is -10.7. The maximum atomic E-state index is 11.4. The molecule has 27 heavy (non-hydrogen) atoms. The van der Waals surface area contributed by atoms with E-state index in [1.54, 1.807) is 13.0 Å². The van der Waals surface area contributed by atoms with E-state index < -0.39 is 25.7 Å². The van der Waals surface area contributed by atoms with Crippen LogP contribution in [0.25, 0.3) is 0 Å². The third kappa shape index (κ3) is 12.8. The van der Waals surface area contributed by atoms with Gasteiger partial charge in [0.15, 0.2) is 5.76 Å². The van der Waals surface area contributed by atoms with Crippen LogP contribution >= 0.6 is 7.81 Å². The Hall–Kier alpha value is -2.10. The van der Waals surface area contributed by atoms with Gasteiger partial charge in [0.1, 0.15) is 12.7 Å². The van der Waals surface area contributed by atoms with E-state index in [2.05, 4.69) is 11.7 Å². The molecule has 1 N–H and O–H groups in total. The molecule has 0 saturated carbocycles. The molecule has 8 nitrogen and oxygen atoms in total. The first-order chi connectivity index (χ1) is 12.0. The number of nitrogens with zero attached hydrogens (tertiary/aromatic N) is 3. The van der Waals surface area contributed by atoms with Gasteiger partial charge in [0.05, 0.1) is 27.2 Å². The number of nitrogens with one attached hydrogen (secondary N) is 1. The van der Waals surface area contributed by atoms with Gasteiger partial charge in [0.2, 0.25) is 0 Å². The van der Waals surface area contributed by atoms with Crippen LogP contribution in [0, 0.1) is 11.3 Å². The molecule has 0 radical (unpaired) electrons. The first-order valence-corrected chi connectivity index (χ1v) is 9.25. The predicted molar refractivity (Wildman–Crippen MR) is 82.7 cm³/mol. The Morgan fingerprint density at radius 3 is 2.33 bits per heavy atom. The second-order valence-electron chi connectivity index (χ2n) is 5.14. The number of morpholine rings is 1. The van der Waals surface area contributed by atoms with Crippen molar-refractivity contribution in [1.29, 1.82) is 5.26 Å². The molecule has 0 aromatic carbocycles. The van der Waals surface area contributed by atoms with Crippen molar-refractivity contribution >= 4 is 19.5 Å². The van der Waals surface area contributed by atoms with Gasteiger partial charge >= 0.3 is 39.0 Å². The average Bonchev–Trinajstić information content (AvgIpc) is 2.46. The summed E-state index contributed by atoms with van der Waals surface area (Å²) in [6.45, 7) is 6.65. The summed E-state index contributed by atoms with van der Waals surface area (Å²) in [6.07, 6.45) is -0.661. The number of carbonyl (C=O) groups excluding carboxylic acids is 1. The van der Waals surface area contributed by atoms with Crippen LogP contribution in [0.1, 0.15) is 6.92 Å². The van der Waals surface area contributed by atoms with Crippen LogP contribution in [0.15, 0.2) is 17.5 Å². The first-order valence-electron chi connectivity index (χ1n) is 7.22. The van der Waals surface area contributed by atoms with Crippen molar-refractivity contribution in [2.45, 2.75) is 13.2 Å². The summed E-state index contributed by atoms with van der Waals surface area (Å²) in [4.78, 5) is 16.7. The second kappa shape index (κ2) is 8.28. The zero-order valence-corrected chi connectivity index (χ0v) is 15.5. The van der Waals surface area contributed by atoms with Crippen molar-refractivity contribution in [3.8, 4) is 6.07 Å². The fraction of sp³-hybridized carbons (Fsp3) is 0.583. The van der Waals surface area contributed by atoms with Crippen molar-refractivity contribution < 1.29 is 49.3 Å². The molecule has 0 spiro atoms. The monoisotopic (exact) mass is 428 g/mol. The van der Waals surface area contributed by atoms with E-state index >= 15 is 0 Å². The summed E-state index contributed by atoms with van der Waals surface area (Å²) in [7, 11) is -6.83. The molecule has 1 unspecified atom stereocenters. The van der Waals surface area contributed by atoms with Gasteiger partial charge in [-0.15, -0.1) is 5.01 Å². The van der Waals surface area contributed by atoms with Gasteiger partial charge < -0.3 is 14.3 Å². The molecule has 0 aromatic heterocycles. The molecule has 0 aromatic rings. The summed E-state index contributed by atoms with van der Waals surface area (Å²) >= 11 is 0. The van der Waals surface area contributed by atoms with Crippen molar-refractivity contribution in [3.63, 3.8) is 0 Å². The van der Waals surface area contributed by atoms with Crippen molar-refractivity contribution in [1.82, 2.24) is 5.01 Å². The Bertz CT molecular complexity index is 620. The molecular weight excluding hydrogens is 409 g/mol. The number of nitriles is 1. The third-order valence-electron chi connectivity index (χ3n) is 2.57. The molecule has 1 fully saturated rings. The summed E-state index contributed by atoms with van der Waals surface area (Å²) < 4.78 is 69.2. The second-order valence-corrected chi connectivity index (χ2v) is 7.06. The van der Waals surface area contributed by atoms with Gasteiger partial charge in [-0.25, -0.2) is 4.79 Å². The molecule has 15 heteroatoms. The normalized spacial score (nSPS) is 21.0. The number of oxime groups is 1. The number of rotatable bonds is 5. The molecule has 1 aliphatic heterocycles. The molecule has 0 bridgehead atoms. The molecular formula is C12H19F6N4O4P. The average molecular weight is 428 g/mol. The number of halogens is 6. The summed E-state index contributed by atoms with van der Waals surface area (Å²) in [6, 6.07) is 1.64. The number of esters is 1.